The molecule has 2 aromatic carbocycles. The van der Waals surface area contributed by atoms with Crippen LogP contribution in [0.5, 0.6) is 0 Å². The van der Waals surface area contributed by atoms with E-state index in [1.165, 1.54) is 6.08 Å². The topological polar surface area (TPSA) is 66.4 Å². The summed E-state index contributed by atoms with van der Waals surface area (Å²) in [7, 11) is 0. The van der Waals surface area contributed by atoms with Crippen LogP contribution in [-0.4, -0.2) is 17.0 Å². The zero-order chi connectivity index (χ0) is 19.4. The third-order valence-corrected chi connectivity index (χ3v) is 4.69. The van der Waals surface area contributed by atoms with E-state index in [0.29, 0.717) is 15.3 Å². The van der Waals surface area contributed by atoms with E-state index >= 15 is 0 Å². The van der Waals surface area contributed by atoms with Gasteiger partial charge in [-0.25, -0.2) is 13.6 Å². The summed E-state index contributed by atoms with van der Waals surface area (Å²) in [6.45, 7) is 0. The van der Waals surface area contributed by atoms with Gasteiger partial charge in [-0.15, -0.1) is 11.3 Å². The lowest BCUT2D eigenvalue weighted by Gasteiger charge is -2.05. The van der Waals surface area contributed by atoms with Gasteiger partial charge in [0.05, 0.1) is 0 Å². The fourth-order valence-electron chi connectivity index (χ4n) is 2.34. The zero-order valence-electron chi connectivity index (χ0n) is 13.8. The highest BCUT2D eigenvalue weighted by Gasteiger charge is 2.15. The molecule has 4 nitrogen and oxygen atoms in total. The molecule has 0 atom stereocenters. The van der Waals surface area contributed by atoms with Gasteiger partial charge < -0.3 is 10.4 Å². The molecule has 0 saturated carbocycles. The number of carbonyl (C=O) groups is 2. The number of benzene rings is 2. The average molecular weight is 385 g/mol. The molecule has 7 heteroatoms. The van der Waals surface area contributed by atoms with Crippen molar-refractivity contribution in [3.8, 4) is 10.4 Å². The normalized spacial score (nSPS) is 11.3. The average Bonchev–Trinajstić information content (AvgIpc) is 3.12. The Hall–Kier alpha value is -3.32. The number of carbonyl (C=O) groups excluding carboxylic acids is 1. The number of halogens is 2. The smallest absolute Gasteiger partial charge is 0.352 e. The summed E-state index contributed by atoms with van der Waals surface area (Å²) in [6, 6.07) is 14.5. The molecule has 3 aromatic rings. The van der Waals surface area contributed by atoms with E-state index in [-0.39, 0.29) is 11.3 Å². The number of rotatable bonds is 5. The summed E-state index contributed by atoms with van der Waals surface area (Å²) in [5, 5.41) is 11.7. The van der Waals surface area contributed by atoms with Crippen molar-refractivity contribution in [1.82, 2.24) is 5.32 Å². The minimum atomic E-state index is -1.31. The third-order valence-electron chi connectivity index (χ3n) is 3.62. The number of carboxylic acid groups (broad SMARTS) is 1. The summed E-state index contributed by atoms with van der Waals surface area (Å²) < 4.78 is 27.2. The second kappa shape index (κ2) is 7.92. The van der Waals surface area contributed by atoms with Crippen molar-refractivity contribution >= 4 is 29.3 Å². The standard InChI is InChI=1S/C20H13F2NO3S/c21-13-6-8-16(22)15(10-13)18-9-7-14(27-18)11-17(20(25)26)23-19(24)12-4-2-1-3-5-12/h1-11H,(H,23,24)(H,25,26)/b17-11-. The van der Waals surface area contributed by atoms with Gasteiger partial charge in [-0.2, -0.15) is 0 Å². The van der Waals surface area contributed by atoms with E-state index in [4.69, 9.17) is 0 Å². The minimum Gasteiger partial charge on any atom is -0.477 e. The number of thiophene rings is 1. The Morgan fingerprint density at radius 2 is 1.74 bits per heavy atom. The number of hydrogen-bond acceptors (Lipinski definition) is 3. The molecule has 0 unspecified atom stereocenters. The predicted octanol–water partition coefficient (Wildman–Crippen LogP) is 4.55. The van der Waals surface area contributed by atoms with Crippen molar-refractivity contribution in [3.05, 3.63) is 88.4 Å². The summed E-state index contributed by atoms with van der Waals surface area (Å²) in [4.78, 5) is 24.5. The molecule has 0 saturated heterocycles. The number of amides is 1. The predicted molar refractivity (Wildman–Crippen MR) is 99.2 cm³/mol. The molecule has 2 N–H and O–H groups in total. The second-order valence-electron chi connectivity index (χ2n) is 5.51. The summed E-state index contributed by atoms with van der Waals surface area (Å²) in [6.07, 6.45) is 1.27. The van der Waals surface area contributed by atoms with E-state index in [0.717, 1.165) is 29.5 Å². The van der Waals surface area contributed by atoms with Crippen LogP contribution in [0.2, 0.25) is 0 Å². The lowest BCUT2D eigenvalue weighted by atomic mass is 10.1. The van der Waals surface area contributed by atoms with Gasteiger partial charge in [-0.3, -0.25) is 4.79 Å². The van der Waals surface area contributed by atoms with Gasteiger partial charge in [0.2, 0.25) is 0 Å². The van der Waals surface area contributed by atoms with Crippen molar-refractivity contribution < 1.29 is 23.5 Å². The largest absolute Gasteiger partial charge is 0.477 e. The first kappa shape index (κ1) is 18.5. The highest BCUT2D eigenvalue weighted by Crippen LogP contribution is 2.31. The lowest BCUT2D eigenvalue weighted by Crippen LogP contribution is -2.27. The fraction of sp³-hybridized carbons (Fsp3) is 0. The van der Waals surface area contributed by atoms with Crippen LogP contribution in [0.4, 0.5) is 8.78 Å². The third kappa shape index (κ3) is 4.45. The molecular formula is C20H13F2NO3S. The first-order chi connectivity index (χ1) is 12.9. The molecule has 27 heavy (non-hydrogen) atoms. The first-order valence-corrected chi connectivity index (χ1v) is 8.62. The van der Waals surface area contributed by atoms with Crippen LogP contribution in [0.25, 0.3) is 16.5 Å². The van der Waals surface area contributed by atoms with E-state index in [9.17, 15) is 23.5 Å². The molecule has 1 heterocycles. The van der Waals surface area contributed by atoms with Gasteiger partial charge in [0, 0.05) is 20.9 Å². The number of aliphatic carboxylic acids is 1. The van der Waals surface area contributed by atoms with Crippen molar-refractivity contribution in [2.24, 2.45) is 0 Å². The lowest BCUT2D eigenvalue weighted by molar-refractivity contribution is -0.132. The van der Waals surface area contributed by atoms with E-state index < -0.39 is 23.5 Å². The van der Waals surface area contributed by atoms with Gasteiger partial charge in [0.1, 0.15) is 17.3 Å². The van der Waals surface area contributed by atoms with Crippen molar-refractivity contribution in [2.45, 2.75) is 0 Å². The van der Waals surface area contributed by atoms with Crippen LogP contribution < -0.4 is 5.32 Å². The molecule has 0 bridgehead atoms. The molecule has 1 amide bonds. The molecule has 0 aliphatic heterocycles. The van der Waals surface area contributed by atoms with E-state index in [1.54, 1.807) is 42.5 Å². The fourth-order valence-corrected chi connectivity index (χ4v) is 3.31. The molecule has 1 aromatic heterocycles. The van der Waals surface area contributed by atoms with Gasteiger partial charge in [0.15, 0.2) is 0 Å². The van der Waals surface area contributed by atoms with Crippen LogP contribution in [-0.2, 0) is 4.79 Å². The summed E-state index contributed by atoms with van der Waals surface area (Å²) >= 11 is 1.08. The maximum Gasteiger partial charge on any atom is 0.352 e. The SMILES string of the molecule is O=C(O)/C(=C/c1ccc(-c2cc(F)ccc2F)s1)NC(=O)c1ccccc1. The highest BCUT2D eigenvalue weighted by atomic mass is 32.1. The molecule has 0 radical (unpaired) electrons. The highest BCUT2D eigenvalue weighted by molar-refractivity contribution is 7.16. The van der Waals surface area contributed by atoms with Crippen LogP contribution in [0.15, 0.2) is 66.4 Å². The van der Waals surface area contributed by atoms with Crippen molar-refractivity contribution in [3.63, 3.8) is 0 Å². The number of nitrogens with one attached hydrogen (secondary N) is 1. The van der Waals surface area contributed by atoms with Crippen molar-refractivity contribution in [2.75, 3.05) is 0 Å². The molecular weight excluding hydrogens is 372 g/mol. The van der Waals surface area contributed by atoms with Gasteiger partial charge >= 0.3 is 5.97 Å². The Morgan fingerprint density at radius 3 is 2.44 bits per heavy atom. The molecule has 0 fully saturated rings. The molecule has 3 rings (SSSR count). The van der Waals surface area contributed by atoms with Gasteiger partial charge in [-0.05, 0) is 48.5 Å². The monoisotopic (exact) mass is 385 g/mol. The second-order valence-corrected chi connectivity index (χ2v) is 6.62. The molecule has 0 spiro atoms. The van der Waals surface area contributed by atoms with Crippen LogP contribution in [0.3, 0.4) is 0 Å². The van der Waals surface area contributed by atoms with Crippen LogP contribution in [0, 0.1) is 11.6 Å². The molecule has 0 aliphatic rings. The Morgan fingerprint density at radius 1 is 1.00 bits per heavy atom. The molecule has 136 valence electrons. The maximum absolute atomic E-state index is 13.9. The molecule has 0 aliphatic carbocycles. The first-order valence-electron chi connectivity index (χ1n) is 7.80. The minimum absolute atomic E-state index is 0.0878. The maximum atomic E-state index is 13.9. The van der Waals surface area contributed by atoms with Gasteiger partial charge in [-0.1, -0.05) is 18.2 Å². The Kier molecular flexibility index (Phi) is 5.42. The quantitative estimate of drug-likeness (QED) is 0.634. The van der Waals surface area contributed by atoms with Crippen molar-refractivity contribution in [1.29, 1.82) is 0 Å². The van der Waals surface area contributed by atoms with Crippen LogP contribution >= 0.6 is 11.3 Å². The van der Waals surface area contributed by atoms with Crippen LogP contribution in [0.1, 0.15) is 15.2 Å². The zero-order valence-corrected chi connectivity index (χ0v) is 14.6. The van der Waals surface area contributed by atoms with E-state index in [2.05, 4.69) is 5.32 Å². The van der Waals surface area contributed by atoms with E-state index in [1.807, 2.05) is 0 Å². The number of hydrogen-bond donors (Lipinski definition) is 2. The Bertz CT molecular complexity index is 1030. The number of carboxylic acids is 1. The Balaban J connectivity index is 1.87. The Labute approximate surface area is 157 Å². The summed E-state index contributed by atoms with van der Waals surface area (Å²) in [5.41, 5.74) is 0.0835. The summed E-state index contributed by atoms with van der Waals surface area (Å²) in [5.74, 6) is -3.02. The van der Waals surface area contributed by atoms with Gasteiger partial charge in [0.25, 0.3) is 5.91 Å².